The van der Waals surface area contributed by atoms with Crippen LogP contribution in [0, 0.1) is 27.4 Å². The number of hydrogen-bond acceptors (Lipinski definition) is 7. The Bertz CT molecular complexity index is 941. The summed E-state index contributed by atoms with van der Waals surface area (Å²) >= 11 is 0. The smallest absolute Gasteiger partial charge is 0.277 e. The number of fused-ring (bicyclic) bond motifs is 1. The van der Waals surface area contributed by atoms with Gasteiger partial charge in [-0.05, 0) is 25.8 Å². The molecule has 0 spiro atoms. The maximum absolute atomic E-state index is 12.6. The molecular weight excluding hydrogens is 338 g/mol. The molecule has 0 saturated heterocycles. The van der Waals surface area contributed by atoms with Crippen molar-refractivity contribution in [2.24, 2.45) is 10.9 Å². The van der Waals surface area contributed by atoms with Crippen molar-refractivity contribution in [3.63, 3.8) is 0 Å². The number of carbonyl (C=O) groups is 1. The van der Waals surface area contributed by atoms with Gasteiger partial charge in [0.1, 0.15) is 0 Å². The molecule has 2 atom stereocenters. The number of allylic oxidation sites excluding steroid dienone is 2. The predicted molar refractivity (Wildman–Crippen MR) is 90.1 cm³/mol. The second kappa shape index (κ2) is 5.95. The van der Waals surface area contributed by atoms with Gasteiger partial charge in [-0.1, -0.05) is 0 Å². The topological polar surface area (TPSA) is 115 Å². The lowest BCUT2D eigenvalue weighted by Crippen LogP contribution is -2.31. The van der Waals surface area contributed by atoms with Gasteiger partial charge in [0.2, 0.25) is 6.79 Å². The molecule has 1 unspecified atom stereocenters. The van der Waals surface area contributed by atoms with E-state index in [4.69, 9.17) is 9.47 Å². The number of nitro groups is 1. The lowest BCUT2D eigenvalue weighted by molar-refractivity contribution is -0.385. The molecule has 3 aliphatic rings. The summed E-state index contributed by atoms with van der Waals surface area (Å²) in [5.74, 6) is -0.892. The molecule has 0 radical (unpaired) electrons. The van der Waals surface area contributed by atoms with E-state index in [1.54, 1.807) is 6.92 Å². The van der Waals surface area contributed by atoms with Crippen LogP contribution in [0.3, 0.4) is 0 Å². The van der Waals surface area contributed by atoms with Gasteiger partial charge in [-0.3, -0.25) is 19.9 Å². The molecule has 0 bridgehead atoms. The Kier molecular flexibility index (Phi) is 3.72. The first-order valence-corrected chi connectivity index (χ1v) is 8.30. The van der Waals surface area contributed by atoms with Crippen LogP contribution in [0.4, 0.5) is 5.69 Å². The van der Waals surface area contributed by atoms with Crippen molar-refractivity contribution < 1.29 is 19.2 Å². The van der Waals surface area contributed by atoms with Crippen molar-refractivity contribution in [1.29, 1.82) is 5.26 Å². The normalized spacial score (nSPS) is 24.0. The Morgan fingerprint density at radius 3 is 2.73 bits per heavy atom. The Balaban J connectivity index is 1.97. The second-order valence-corrected chi connectivity index (χ2v) is 6.50. The van der Waals surface area contributed by atoms with Gasteiger partial charge in [0.25, 0.3) is 5.69 Å². The summed E-state index contributed by atoms with van der Waals surface area (Å²) in [6.07, 6.45) is 1.69. The van der Waals surface area contributed by atoms with Gasteiger partial charge < -0.3 is 9.47 Å². The van der Waals surface area contributed by atoms with Crippen LogP contribution in [-0.4, -0.2) is 23.2 Å². The monoisotopic (exact) mass is 353 g/mol. The van der Waals surface area contributed by atoms with Crippen molar-refractivity contribution in [2.45, 2.75) is 32.1 Å². The molecule has 4 rings (SSSR count). The van der Waals surface area contributed by atoms with Crippen molar-refractivity contribution >= 4 is 17.2 Å². The van der Waals surface area contributed by atoms with Crippen LogP contribution >= 0.6 is 0 Å². The van der Waals surface area contributed by atoms with Crippen LogP contribution in [0.1, 0.15) is 37.7 Å². The van der Waals surface area contributed by atoms with Crippen molar-refractivity contribution in [3.8, 4) is 17.6 Å². The van der Waals surface area contributed by atoms with Crippen molar-refractivity contribution in [3.05, 3.63) is 39.1 Å². The molecule has 1 aromatic rings. The lowest BCUT2D eigenvalue weighted by Gasteiger charge is -2.32. The molecule has 2 heterocycles. The van der Waals surface area contributed by atoms with E-state index < -0.39 is 16.8 Å². The Labute approximate surface area is 148 Å². The molecule has 0 aromatic heterocycles. The molecule has 1 aliphatic carbocycles. The third-order valence-corrected chi connectivity index (χ3v) is 5.03. The number of carbonyl (C=O) groups excluding carboxylic acids is 1. The van der Waals surface area contributed by atoms with E-state index in [-0.39, 0.29) is 18.3 Å². The van der Waals surface area contributed by atoms with Gasteiger partial charge in [0.05, 0.1) is 23.0 Å². The van der Waals surface area contributed by atoms with Crippen molar-refractivity contribution in [1.82, 2.24) is 0 Å². The van der Waals surface area contributed by atoms with E-state index in [0.29, 0.717) is 53.3 Å². The minimum atomic E-state index is -0.741. The van der Waals surface area contributed by atoms with Crippen LogP contribution in [0.5, 0.6) is 11.5 Å². The van der Waals surface area contributed by atoms with Crippen LogP contribution in [0.15, 0.2) is 28.4 Å². The second-order valence-electron chi connectivity index (χ2n) is 6.50. The Morgan fingerprint density at radius 2 is 2.04 bits per heavy atom. The number of Topliss-reactive ketones (excluding diaryl/α,β-unsaturated/α-hetero) is 1. The highest BCUT2D eigenvalue weighted by molar-refractivity contribution is 6.03. The van der Waals surface area contributed by atoms with Crippen LogP contribution in [0.2, 0.25) is 0 Å². The van der Waals surface area contributed by atoms with Gasteiger partial charge >= 0.3 is 0 Å². The largest absolute Gasteiger partial charge is 0.454 e. The summed E-state index contributed by atoms with van der Waals surface area (Å²) in [7, 11) is 0. The van der Waals surface area contributed by atoms with Gasteiger partial charge in [0, 0.05) is 34.9 Å². The molecule has 2 aliphatic heterocycles. The quantitative estimate of drug-likeness (QED) is 0.596. The minimum Gasteiger partial charge on any atom is -0.454 e. The third kappa shape index (κ3) is 2.36. The molecule has 26 heavy (non-hydrogen) atoms. The van der Waals surface area contributed by atoms with Gasteiger partial charge in [-0.2, -0.15) is 5.26 Å². The summed E-state index contributed by atoms with van der Waals surface area (Å²) in [4.78, 5) is 28.3. The van der Waals surface area contributed by atoms with Crippen molar-refractivity contribution in [2.75, 3.05) is 6.79 Å². The van der Waals surface area contributed by atoms with E-state index in [0.717, 1.165) is 0 Å². The Hall–Kier alpha value is -3.21. The number of nitrogens with zero attached hydrogens (tertiary/aromatic N) is 3. The zero-order valence-electron chi connectivity index (χ0n) is 14.0. The van der Waals surface area contributed by atoms with E-state index in [1.165, 1.54) is 12.1 Å². The summed E-state index contributed by atoms with van der Waals surface area (Å²) in [5.41, 5.74) is 1.75. The van der Waals surface area contributed by atoms with Gasteiger partial charge in [0.15, 0.2) is 17.3 Å². The standard InChI is InChI=1S/C18H15N3O5/c1-9-11(7-19)17(18-12(20-9)3-2-4-14(18)22)10-5-15-16(26-8-25-15)6-13(10)21(23)24/h5-6,11,17H,2-4,8H2,1H3/t11?,17-/m0/s1. The number of ether oxygens (including phenoxy) is 2. The van der Waals surface area contributed by atoms with Crippen LogP contribution in [0.25, 0.3) is 0 Å². The minimum absolute atomic E-state index is 0.0182. The fourth-order valence-electron chi connectivity index (χ4n) is 3.86. The van der Waals surface area contributed by atoms with Crippen LogP contribution in [-0.2, 0) is 4.79 Å². The zero-order chi connectivity index (χ0) is 18.4. The number of aliphatic imine (C=N–C) groups is 1. The van der Waals surface area contributed by atoms with E-state index in [9.17, 15) is 20.2 Å². The maximum Gasteiger partial charge on any atom is 0.277 e. The fraction of sp³-hybridized carbons (Fsp3) is 0.389. The highest BCUT2D eigenvalue weighted by Crippen LogP contribution is 2.48. The van der Waals surface area contributed by atoms with Gasteiger partial charge in [-0.25, -0.2) is 0 Å². The highest BCUT2D eigenvalue weighted by atomic mass is 16.7. The summed E-state index contributed by atoms with van der Waals surface area (Å²) in [6.45, 7) is 1.71. The Morgan fingerprint density at radius 1 is 1.31 bits per heavy atom. The molecule has 0 amide bonds. The number of benzene rings is 1. The molecular formula is C18H15N3O5. The number of nitro benzene ring substituents is 1. The first kappa shape index (κ1) is 16.3. The maximum atomic E-state index is 12.6. The molecule has 8 heteroatoms. The molecule has 0 fully saturated rings. The number of nitriles is 1. The molecule has 132 valence electrons. The van der Waals surface area contributed by atoms with E-state index in [2.05, 4.69) is 11.1 Å². The average molecular weight is 353 g/mol. The van der Waals surface area contributed by atoms with Crippen LogP contribution < -0.4 is 9.47 Å². The number of ketones is 1. The van der Waals surface area contributed by atoms with Gasteiger partial charge in [-0.15, -0.1) is 0 Å². The van der Waals surface area contributed by atoms with E-state index in [1.807, 2.05) is 0 Å². The summed E-state index contributed by atoms with van der Waals surface area (Å²) < 4.78 is 10.6. The number of rotatable bonds is 2. The summed E-state index contributed by atoms with van der Waals surface area (Å²) in [5, 5.41) is 21.4. The zero-order valence-corrected chi connectivity index (χ0v) is 14.0. The lowest BCUT2D eigenvalue weighted by atomic mass is 9.72. The molecule has 0 N–H and O–H groups in total. The molecule has 8 nitrogen and oxygen atoms in total. The fourth-order valence-corrected chi connectivity index (χ4v) is 3.86. The third-order valence-electron chi connectivity index (χ3n) is 5.03. The molecule has 0 saturated carbocycles. The highest BCUT2D eigenvalue weighted by Gasteiger charge is 2.42. The SMILES string of the molecule is CC1=NC2=C(C(=O)CCC2)[C@@H](c2cc3c(cc2[N+](=O)[O-])OCO3)C1C#N. The first-order chi connectivity index (χ1) is 12.5. The van der Waals surface area contributed by atoms with E-state index >= 15 is 0 Å². The average Bonchev–Trinajstić information content (AvgIpc) is 3.07. The first-order valence-electron chi connectivity index (χ1n) is 8.30. The summed E-state index contributed by atoms with van der Waals surface area (Å²) in [6, 6.07) is 5.01. The number of hydrogen-bond donors (Lipinski definition) is 0. The molecule has 1 aromatic carbocycles. The predicted octanol–water partition coefficient (Wildman–Crippen LogP) is 3.03.